The molecule has 3 atom stereocenters. The number of amides is 2. The molecule has 1 saturated carbocycles. The second kappa shape index (κ2) is 7.12. The Labute approximate surface area is 164 Å². The van der Waals surface area contributed by atoms with Crippen LogP contribution in [0.1, 0.15) is 25.3 Å². The van der Waals surface area contributed by atoms with Crippen molar-refractivity contribution in [2.24, 2.45) is 17.3 Å². The molecule has 1 saturated heterocycles. The molecule has 0 bridgehead atoms. The third kappa shape index (κ3) is 3.53. The maximum Gasteiger partial charge on any atom is 0.228 e. The molecule has 2 fully saturated rings. The summed E-state index contributed by atoms with van der Waals surface area (Å²) in [5.41, 5.74) is 1.81. The summed E-state index contributed by atoms with van der Waals surface area (Å²) in [7, 11) is 1.69. The quantitative estimate of drug-likeness (QED) is 0.859. The van der Waals surface area contributed by atoms with Crippen LogP contribution in [0.15, 0.2) is 41.8 Å². The Morgan fingerprint density at radius 3 is 2.78 bits per heavy atom. The number of carbonyl (C=O) groups is 2. The van der Waals surface area contributed by atoms with Crippen molar-refractivity contribution < 1.29 is 9.59 Å². The molecule has 4 nitrogen and oxygen atoms in total. The van der Waals surface area contributed by atoms with Crippen LogP contribution >= 0.6 is 11.3 Å². The van der Waals surface area contributed by atoms with E-state index in [4.69, 9.17) is 0 Å². The molecule has 1 aliphatic heterocycles. The normalized spacial score (nSPS) is 26.8. The van der Waals surface area contributed by atoms with Gasteiger partial charge in [0.15, 0.2) is 0 Å². The molecule has 2 aromatic rings. The second-order valence-corrected chi connectivity index (χ2v) is 8.99. The highest BCUT2D eigenvalue weighted by Crippen LogP contribution is 2.42. The summed E-state index contributed by atoms with van der Waals surface area (Å²) in [6, 6.07) is 12.6. The zero-order valence-electron chi connectivity index (χ0n) is 15.9. The van der Waals surface area contributed by atoms with Gasteiger partial charge in [-0.2, -0.15) is 0 Å². The molecule has 4 rings (SSSR count). The Morgan fingerprint density at radius 1 is 1.30 bits per heavy atom. The number of nitrogens with zero attached hydrogens (tertiary/aromatic N) is 1. The first kappa shape index (κ1) is 18.2. The average Bonchev–Trinajstić information content (AvgIpc) is 3.09. The average molecular weight is 383 g/mol. The van der Waals surface area contributed by atoms with Crippen LogP contribution in [0.2, 0.25) is 0 Å². The molecule has 1 aromatic carbocycles. The SMILES string of the molecule is CNC(=O)[C@]1(Cc2cccc(-c3cccs3)c2)CCN(C(=O)[C@H]2C[C@H]2C)C1. The number of rotatable bonds is 5. The Balaban J connectivity index is 1.56. The van der Waals surface area contributed by atoms with Crippen LogP contribution < -0.4 is 5.32 Å². The van der Waals surface area contributed by atoms with Crippen LogP contribution in [-0.4, -0.2) is 36.9 Å². The lowest BCUT2D eigenvalue weighted by molar-refractivity contribution is -0.134. The van der Waals surface area contributed by atoms with E-state index >= 15 is 0 Å². The van der Waals surface area contributed by atoms with E-state index in [1.54, 1.807) is 18.4 Å². The van der Waals surface area contributed by atoms with Crippen molar-refractivity contribution in [2.75, 3.05) is 20.1 Å². The predicted octanol–water partition coefficient (Wildman–Crippen LogP) is 3.58. The maximum absolute atomic E-state index is 12.8. The summed E-state index contributed by atoms with van der Waals surface area (Å²) < 4.78 is 0. The van der Waals surface area contributed by atoms with Gasteiger partial charge in [0.25, 0.3) is 0 Å². The van der Waals surface area contributed by atoms with Gasteiger partial charge in [-0.25, -0.2) is 0 Å². The van der Waals surface area contributed by atoms with E-state index in [1.165, 1.54) is 10.4 Å². The number of likely N-dealkylation sites (tertiary alicyclic amines) is 1. The number of carbonyl (C=O) groups excluding carboxylic acids is 2. The molecule has 0 unspecified atom stereocenters. The molecule has 0 radical (unpaired) electrons. The Hall–Kier alpha value is -2.14. The van der Waals surface area contributed by atoms with Gasteiger partial charge < -0.3 is 10.2 Å². The number of hydrogen-bond donors (Lipinski definition) is 1. The Morgan fingerprint density at radius 2 is 2.11 bits per heavy atom. The number of thiophene rings is 1. The molecular weight excluding hydrogens is 356 g/mol. The minimum atomic E-state index is -0.531. The topological polar surface area (TPSA) is 49.4 Å². The first-order valence-electron chi connectivity index (χ1n) is 9.66. The molecule has 142 valence electrons. The standard InChI is InChI=1S/C22H26N2O2S/c1-15-11-18(15)20(25)24-9-8-22(14-24,21(26)23-2)13-16-5-3-6-17(12-16)19-7-4-10-27-19/h3-7,10,12,15,18H,8-9,11,13-14H2,1-2H3,(H,23,26)/t15-,18+,22+/m1/s1. The third-order valence-corrected chi connectivity index (χ3v) is 7.00. The van der Waals surface area contributed by atoms with E-state index < -0.39 is 5.41 Å². The van der Waals surface area contributed by atoms with Crippen molar-refractivity contribution in [3.63, 3.8) is 0 Å². The second-order valence-electron chi connectivity index (χ2n) is 8.04. The summed E-state index contributed by atoms with van der Waals surface area (Å²) in [6.45, 7) is 3.33. The number of nitrogens with one attached hydrogen (secondary N) is 1. The van der Waals surface area contributed by atoms with Crippen LogP contribution in [0.4, 0.5) is 0 Å². The zero-order chi connectivity index (χ0) is 19.0. The Bertz CT molecular complexity index is 848. The van der Waals surface area contributed by atoms with E-state index in [0.29, 0.717) is 25.4 Å². The van der Waals surface area contributed by atoms with Crippen molar-refractivity contribution in [2.45, 2.75) is 26.2 Å². The molecule has 5 heteroatoms. The fourth-order valence-electron chi connectivity index (χ4n) is 4.30. The first-order chi connectivity index (χ1) is 13.0. The van der Waals surface area contributed by atoms with Gasteiger partial charge in [-0.15, -0.1) is 11.3 Å². The molecule has 27 heavy (non-hydrogen) atoms. The zero-order valence-corrected chi connectivity index (χ0v) is 16.7. The smallest absolute Gasteiger partial charge is 0.228 e. The molecule has 1 aromatic heterocycles. The van der Waals surface area contributed by atoms with Gasteiger partial charge >= 0.3 is 0 Å². The number of benzene rings is 1. The van der Waals surface area contributed by atoms with Gasteiger partial charge in [-0.05, 0) is 47.8 Å². The minimum absolute atomic E-state index is 0.0446. The summed E-state index contributed by atoms with van der Waals surface area (Å²) in [4.78, 5) is 28.7. The monoisotopic (exact) mass is 382 g/mol. The predicted molar refractivity (Wildman–Crippen MR) is 108 cm³/mol. The van der Waals surface area contributed by atoms with Gasteiger partial charge in [-0.1, -0.05) is 37.3 Å². The van der Waals surface area contributed by atoms with Gasteiger partial charge in [0.1, 0.15) is 0 Å². The molecule has 1 N–H and O–H groups in total. The van der Waals surface area contributed by atoms with Crippen LogP contribution in [0.5, 0.6) is 0 Å². The van der Waals surface area contributed by atoms with Crippen molar-refractivity contribution in [1.82, 2.24) is 10.2 Å². The van der Waals surface area contributed by atoms with Crippen LogP contribution in [0.25, 0.3) is 10.4 Å². The molecular formula is C22H26N2O2S. The molecule has 2 amide bonds. The maximum atomic E-state index is 12.8. The van der Waals surface area contributed by atoms with E-state index in [9.17, 15) is 9.59 Å². The van der Waals surface area contributed by atoms with Gasteiger partial charge in [0, 0.05) is 30.9 Å². The van der Waals surface area contributed by atoms with E-state index in [1.807, 2.05) is 4.90 Å². The van der Waals surface area contributed by atoms with Crippen molar-refractivity contribution >= 4 is 23.2 Å². The summed E-state index contributed by atoms with van der Waals surface area (Å²) >= 11 is 1.72. The van der Waals surface area contributed by atoms with Crippen LogP contribution in [0.3, 0.4) is 0 Å². The summed E-state index contributed by atoms with van der Waals surface area (Å²) in [5.74, 6) is 0.950. The highest BCUT2D eigenvalue weighted by molar-refractivity contribution is 7.13. The van der Waals surface area contributed by atoms with Crippen molar-refractivity contribution in [3.8, 4) is 10.4 Å². The fraction of sp³-hybridized carbons (Fsp3) is 0.455. The summed E-state index contributed by atoms with van der Waals surface area (Å²) in [5, 5.41) is 4.93. The fourth-order valence-corrected chi connectivity index (χ4v) is 5.03. The Kier molecular flexibility index (Phi) is 4.81. The summed E-state index contributed by atoms with van der Waals surface area (Å²) in [6.07, 6.45) is 2.38. The van der Waals surface area contributed by atoms with Gasteiger partial charge in [-0.3, -0.25) is 9.59 Å². The van der Waals surface area contributed by atoms with E-state index in [-0.39, 0.29) is 17.7 Å². The lowest BCUT2D eigenvalue weighted by atomic mass is 9.79. The van der Waals surface area contributed by atoms with Crippen molar-refractivity contribution in [3.05, 3.63) is 47.3 Å². The lowest BCUT2D eigenvalue weighted by Crippen LogP contribution is -2.44. The first-order valence-corrected chi connectivity index (χ1v) is 10.5. The van der Waals surface area contributed by atoms with Gasteiger partial charge in [0.05, 0.1) is 5.41 Å². The highest BCUT2D eigenvalue weighted by Gasteiger charge is 2.49. The highest BCUT2D eigenvalue weighted by atomic mass is 32.1. The van der Waals surface area contributed by atoms with Crippen molar-refractivity contribution in [1.29, 1.82) is 0 Å². The lowest BCUT2D eigenvalue weighted by Gasteiger charge is -2.28. The van der Waals surface area contributed by atoms with E-state index in [2.05, 4.69) is 54.0 Å². The minimum Gasteiger partial charge on any atom is -0.359 e. The molecule has 1 aliphatic carbocycles. The van der Waals surface area contributed by atoms with Crippen LogP contribution in [0, 0.1) is 17.3 Å². The van der Waals surface area contributed by atoms with Crippen LogP contribution in [-0.2, 0) is 16.0 Å². The number of hydrogen-bond acceptors (Lipinski definition) is 3. The largest absolute Gasteiger partial charge is 0.359 e. The molecule has 2 heterocycles. The molecule has 2 aliphatic rings. The molecule has 0 spiro atoms. The van der Waals surface area contributed by atoms with E-state index in [0.717, 1.165) is 18.4 Å². The third-order valence-electron chi connectivity index (χ3n) is 6.08. The van der Waals surface area contributed by atoms with Gasteiger partial charge in [0.2, 0.25) is 11.8 Å².